The molecule has 38 heavy (non-hydrogen) atoms. The molecule has 0 saturated heterocycles. The molecule has 0 amide bonds. The maximum absolute atomic E-state index is 11.0. The first-order valence-electron chi connectivity index (χ1n) is 13.0. The number of fused-ring (bicyclic) bond motifs is 1. The minimum absolute atomic E-state index is 0.00550. The van der Waals surface area contributed by atoms with Gasteiger partial charge in [-0.05, 0) is 70.3 Å². The number of aliphatic carboxylic acids is 1. The molecule has 0 bridgehead atoms. The monoisotopic (exact) mass is 507 g/mol. The van der Waals surface area contributed by atoms with Gasteiger partial charge in [-0.2, -0.15) is 0 Å². The Hall–Kier alpha value is -4.12. The van der Waals surface area contributed by atoms with Crippen molar-refractivity contribution in [1.82, 2.24) is 0 Å². The summed E-state index contributed by atoms with van der Waals surface area (Å²) in [5, 5.41) is 9.00. The first-order chi connectivity index (χ1) is 18.1. The summed E-state index contributed by atoms with van der Waals surface area (Å²) < 4.78 is 0. The van der Waals surface area contributed by atoms with Crippen LogP contribution in [0, 0.1) is 0 Å². The number of nitrogens with zero attached hydrogens (tertiary/aromatic N) is 2. The van der Waals surface area contributed by atoms with Crippen molar-refractivity contribution in [1.29, 1.82) is 0 Å². The zero-order chi connectivity index (χ0) is 27.4. The zero-order valence-electron chi connectivity index (χ0n) is 22.8. The summed E-state index contributed by atoms with van der Waals surface area (Å²) >= 11 is 0. The number of rotatable bonds is 6. The van der Waals surface area contributed by atoms with Gasteiger partial charge in [0.2, 0.25) is 0 Å². The largest absolute Gasteiger partial charge is 0.478 e. The number of hydrogen-bond acceptors (Lipinski definition) is 4. The Morgan fingerprint density at radius 1 is 1.05 bits per heavy atom. The van der Waals surface area contributed by atoms with Crippen LogP contribution in [0.25, 0.3) is 11.6 Å². The van der Waals surface area contributed by atoms with E-state index in [-0.39, 0.29) is 17.5 Å². The van der Waals surface area contributed by atoms with Crippen LogP contribution in [0.15, 0.2) is 84.0 Å². The van der Waals surface area contributed by atoms with Crippen molar-refractivity contribution in [2.24, 2.45) is 10.7 Å². The van der Waals surface area contributed by atoms with Gasteiger partial charge >= 0.3 is 5.97 Å². The van der Waals surface area contributed by atoms with E-state index in [1.54, 1.807) is 25.5 Å². The van der Waals surface area contributed by atoms with E-state index in [4.69, 9.17) is 10.8 Å². The van der Waals surface area contributed by atoms with Crippen molar-refractivity contribution in [3.8, 4) is 0 Å². The van der Waals surface area contributed by atoms with Crippen LogP contribution in [0.3, 0.4) is 0 Å². The lowest BCUT2D eigenvalue weighted by atomic mass is 9.82. The van der Waals surface area contributed by atoms with Crippen molar-refractivity contribution in [2.45, 2.75) is 51.6 Å². The van der Waals surface area contributed by atoms with Gasteiger partial charge in [-0.25, -0.2) is 4.79 Å². The minimum atomic E-state index is -0.955. The van der Waals surface area contributed by atoms with Gasteiger partial charge in [0, 0.05) is 42.8 Å². The third-order valence-corrected chi connectivity index (χ3v) is 7.19. The molecule has 1 aliphatic heterocycles. The molecule has 196 valence electrons. The van der Waals surface area contributed by atoms with E-state index in [1.807, 2.05) is 12.1 Å². The van der Waals surface area contributed by atoms with Crippen molar-refractivity contribution >= 4 is 29.5 Å². The standard InChI is InChI=1S/C33H37N3O2/c1-22-18-26-19-25(27(20-34)21-35-5)11-16-30(26)32(24-9-6-23(7-10-24)8-17-31(37)38)36(22)29-14-12-28(13-15-29)33(2,3)4/h6-17,19-22,32H,18,34H2,1-5H3,(H,37,38)/b17-8+,27-20?,35-21?. The first kappa shape index (κ1) is 26.9. The molecule has 2 atom stereocenters. The molecule has 3 aromatic carbocycles. The predicted molar refractivity (Wildman–Crippen MR) is 159 cm³/mol. The van der Waals surface area contributed by atoms with E-state index in [2.05, 4.69) is 92.2 Å². The second kappa shape index (κ2) is 11.1. The van der Waals surface area contributed by atoms with Gasteiger partial charge in [0.15, 0.2) is 0 Å². The van der Waals surface area contributed by atoms with Crippen LogP contribution < -0.4 is 10.6 Å². The van der Waals surface area contributed by atoms with Gasteiger partial charge in [-0.15, -0.1) is 0 Å². The van der Waals surface area contributed by atoms with E-state index in [9.17, 15) is 4.79 Å². The van der Waals surface area contributed by atoms with Crippen LogP contribution >= 0.6 is 0 Å². The van der Waals surface area contributed by atoms with E-state index in [0.29, 0.717) is 0 Å². The van der Waals surface area contributed by atoms with Crippen LogP contribution in [-0.2, 0) is 16.6 Å². The highest BCUT2D eigenvalue weighted by Gasteiger charge is 2.34. The Kier molecular flexibility index (Phi) is 7.86. The molecule has 5 heteroatoms. The summed E-state index contributed by atoms with van der Waals surface area (Å²) in [7, 11) is 1.75. The van der Waals surface area contributed by atoms with E-state index in [0.717, 1.165) is 28.7 Å². The van der Waals surface area contributed by atoms with E-state index >= 15 is 0 Å². The molecule has 0 radical (unpaired) electrons. The van der Waals surface area contributed by atoms with Crippen LogP contribution in [0.5, 0.6) is 0 Å². The van der Waals surface area contributed by atoms with E-state index < -0.39 is 5.97 Å². The van der Waals surface area contributed by atoms with Crippen LogP contribution in [-0.4, -0.2) is 30.4 Å². The van der Waals surface area contributed by atoms with Crippen LogP contribution in [0.4, 0.5) is 5.69 Å². The Morgan fingerprint density at radius 2 is 1.74 bits per heavy atom. The smallest absolute Gasteiger partial charge is 0.328 e. The minimum Gasteiger partial charge on any atom is -0.478 e. The van der Waals surface area contributed by atoms with Gasteiger partial charge in [0.05, 0.1) is 6.04 Å². The third-order valence-electron chi connectivity index (χ3n) is 7.19. The van der Waals surface area contributed by atoms with Gasteiger partial charge < -0.3 is 15.7 Å². The zero-order valence-corrected chi connectivity index (χ0v) is 22.8. The Balaban J connectivity index is 1.83. The fraction of sp³-hybridized carbons (Fsp3) is 0.273. The summed E-state index contributed by atoms with van der Waals surface area (Å²) in [6.07, 6.45) is 7.08. The molecule has 3 N–H and O–H groups in total. The predicted octanol–water partition coefficient (Wildman–Crippen LogP) is 6.62. The second-order valence-electron chi connectivity index (χ2n) is 10.9. The lowest BCUT2D eigenvalue weighted by Crippen LogP contribution is -2.43. The lowest BCUT2D eigenvalue weighted by Gasteiger charge is -2.44. The number of carbonyl (C=O) groups is 1. The number of aliphatic imine (C=N–C) groups is 1. The number of allylic oxidation sites excluding steroid dienone is 1. The average molecular weight is 508 g/mol. The molecule has 0 fully saturated rings. The second-order valence-corrected chi connectivity index (χ2v) is 10.9. The lowest BCUT2D eigenvalue weighted by molar-refractivity contribution is -0.131. The summed E-state index contributed by atoms with van der Waals surface area (Å²) in [5.74, 6) is -0.955. The highest BCUT2D eigenvalue weighted by molar-refractivity contribution is 6.09. The number of anilines is 1. The molecule has 0 aromatic heterocycles. The summed E-state index contributed by atoms with van der Waals surface area (Å²) in [6.45, 7) is 8.97. The molecule has 3 aromatic rings. The highest BCUT2D eigenvalue weighted by Crippen LogP contribution is 2.42. The summed E-state index contributed by atoms with van der Waals surface area (Å²) in [5.41, 5.74) is 15.0. The van der Waals surface area contributed by atoms with Crippen molar-refractivity contribution < 1.29 is 9.90 Å². The normalized spacial score (nSPS) is 18.2. The SMILES string of the molecule is CN=CC(=CN)c1ccc2c(c1)CC(C)N(c1ccc(C(C)(C)C)cc1)C2c1ccc(/C=C/C(=O)O)cc1. The van der Waals surface area contributed by atoms with Gasteiger partial charge in [0.25, 0.3) is 0 Å². The van der Waals surface area contributed by atoms with Gasteiger partial charge in [0.1, 0.15) is 0 Å². The number of nitrogens with two attached hydrogens (primary N) is 1. The molecule has 0 aliphatic carbocycles. The molecular formula is C33H37N3O2. The molecule has 4 rings (SSSR count). The first-order valence-corrected chi connectivity index (χ1v) is 13.0. The Morgan fingerprint density at radius 3 is 2.32 bits per heavy atom. The van der Waals surface area contributed by atoms with Crippen molar-refractivity contribution in [3.05, 3.63) is 112 Å². The number of carboxylic acid groups (broad SMARTS) is 1. The average Bonchev–Trinajstić information content (AvgIpc) is 2.89. The van der Waals surface area contributed by atoms with Gasteiger partial charge in [-0.1, -0.05) is 75.4 Å². The molecule has 0 spiro atoms. The van der Waals surface area contributed by atoms with Gasteiger partial charge in [-0.3, -0.25) is 4.99 Å². The Bertz CT molecular complexity index is 1380. The number of hydrogen-bond donors (Lipinski definition) is 2. The molecule has 5 nitrogen and oxygen atoms in total. The van der Waals surface area contributed by atoms with Crippen LogP contribution in [0.1, 0.15) is 67.1 Å². The molecule has 0 saturated carbocycles. The summed E-state index contributed by atoms with van der Waals surface area (Å²) in [4.78, 5) is 17.6. The quantitative estimate of drug-likeness (QED) is 0.290. The fourth-order valence-corrected chi connectivity index (χ4v) is 5.24. The maximum atomic E-state index is 11.0. The summed E-state index contributed by atoms with van der Waals surface area (Å²) in [6, 6.07) is 23.9. The number of carboxylic acids is 1. The van der Waals surface area contributed by atoms with Crippen molar-refractivity contribution in [2.75, 3.05) is 11.9 Å². The third kappa shape index (κ3) is 5.72. The highest BCUT2D eigenvalue weighted by atomic mass is 16.4. The topological polar surface area (TPSA) is 78.9 Å². The molecular weight excluding hydrogens is 470 g/mol. The maximum Gasteiger partial charge on any atom is 0.328 e. The fourth-order valence-electron chi connectivity index (χ4n) is 5.24. The Labute approximate surface area is 226 Å². The van der Waals surface area contributed by atoms with Crippen molar-refractivity contribution in [3.63, 3.8) is 0 Å². The van der Waals surface area contributed by atoms with E-state index in [1.165, 1.54) is 28.5 Å². The molecule has 1 heterocycles. The number of benzene rings is 3. The molecule has 1 aliphatic rings. The van der Waals surface area contributed by atoms with Crippen LogP contribution in [0.2, 0.25) is 0 Å². The molecule has 2 unspecified atom stereocenters.